The molecular formula is C16H19Cl2N3O4. The molecule has 0 aromatic heterocycles. The molecule has 0 unspecified atom stereocenters. The van der Waals surface area contributed by atoms with Crippen LogP contribution in [0.5, 0.6) is 0 Å². The van der Waals surface area contributed by atoms with Crippen LogP contribution >= 0.6 is 23.2 Å². The van der Waals surface area contributed by atoms with Gasteiger partial charge in [-0.3, -0.25) is 9.59 Å². The van der Waals surface area contributed by atoms with E-state index in [9.17, 15) is 14.4 Å². The van der Waals surface area contributed by atoms with Crippen molar-refractivity contribution in [3.63, 3.8) is 0 Å². The molecule has 0 spiro atoms. The number of hydrogen-bond donors (Lipinski definition) is 1. The Hall–Kier alpha value is -1.99. The highest BCUT2D eigenvalue weighted by Gasteiger charge is 2.26. The van der Waals surface area contributed by atoms with Gasteiger partial charge in [0.1, 0.15) is 6.42 Å². The first-order valence-corrected chi connectivity index (χ1v) is 8.60. The van der Waals surface area contributed by atoms with Gasteiger partial charge < -0.3 is 19.9 Å². The molecular weight excluding hydrogens is 369 g/mol. The summed E-state index contributed by atoms with van der Waals surface area (Å²) in [5.41, 5.74) is 0.399. The van der Waals surface area contributed by atoms with Crippen molar-refractivity contribution in [3.8, 4) is 0 Å². The Morgan fingerprint density at radius 1 is 1.12 bits per heavy atom. The van der Waals surface area contributed by atoms with E-state index in [-0.39, 0.29) is 18.4 Å². The highest BCUT2D eigenvalue weighted by atomic mass is 35.5. The minimum atomic E-state index is -0.456. The fourth-order valence-corrected chi connectivity index (χ4v) is 2.84. The van der Waals surface area contributed by atoms with Crippen molar-refractivity contribution in [2.24, 2.45) is 0 Å². The van der Waals surface area contributed by atoms with Crippen molar-refractivity contribution in [2.75, 3.05) is 38.1 Å². The molecule has 1 fully saturated rings. The number of halogens is 2. The number of carbonyl (C=O) groups is 3. The number of anilines is 1. The summed E-state index contributed by atoms with van der Waals surface area (Å²) in [5, 5.41) is 3.35. The van der Waals surface area contributed by atoms with E-state index in [4.69, 9.17) is 27.9 Å². The van der Waals surface area contributed by atoms with Crippen LogP contribution in [0.3, 0.4) is 0 Å². The Morgan fingerprint density at radius 3 is 2.36 bits per heavy atom. The smallest absolute Gasteiger partial charge is 0.409 e. The standard InChI is InChI=1S/C16H19Cl2N3O4/c1-2-25-16(24)21-7-5-20(6-8-21)15(23)10-14(22)19-13-4-3-11(17)9-12(13)18/h3-4,9H,2,5-8,10H2,1H3,(H,19,22). The van der Waals surface area contributed by atoms with E-state index in [1.807, 2.05) is 0 Å². The van der Waals surface area contributed by atoms with Crippen LogP contribution in [0, 0.1) is 0 Å². The normalized spacial score (nSPS) is 14.2. The zero-order chi connectivity index (χ0) is 18.4. The summed E-state index contributed by atoms with van der Waals surface area (Å²) in [4.78, 5) is 39.0. The Bertz CT molecular complexity index is 661. The topological polar surface area (TPSA) is 79.0 Å². The molecule has 2 rings (SSSR count). The summed E-state index contributed by atoms with van der Waals surface area (Å²) < 4.78 is 4.93. The van der Waals surface area contributed by atoms with Gasteiger partial charge in [-0.25, -0.2) is 4.79 Å². The number of hydrogen-bond acceptors (Lipinski definition) is 4. The fraction of sp³-hybridized carbons (Fsp3) is 0.438. The molecule has 7 nitrogen and oxygen atoms in total. The lowest BCUT2D eigenvalue weighted by atomic mass is 10.2. The van der Waals surface area contributed by atoms with Gasteiger partial charge in [-0.1, -0.05) is 23.2 Å². The molecule has 1 aromatic rings. The number of piperazine rings is 1. The molecule has 0 bridgehead atoms. The second kappa shape index (κ2) is 8.92. The van der Waals surface area contributed by atoms with Gasteiger partial charge in [0.2, 0.25) is 11.8 Å². The molecule has 9 heteroatoms. The van der Waals surface area contributed by atoms with Gasteiger partial charge in [-0.2, -0.15) is 0 Å². The summed E-state index contributed by atoms with van der Waals surface area (Å²) in [6.07, 6.45) is -0.678. The number of amides is 3. The minimum absolute atomic E-state index is 0.293. The molecule has 136 valence electrons. The van der Waals surface area contributed by atoms with Crippen LogP contribution in [-0.4, -0.2) is 60.5 Å². The highest BCUT2D eigenvalue weighted by Crippen LogP contribution is 2.25. The van der Waals surface area contributed by atoms with Gasteiger partial charge in [-0.15, -0.1) is 0 Å². The van der Waals surface area contributed by atoms with Crippen LogP contribution in [0.1, 0.15) is 13.3 Å². The maximum atomic E-state index is 12.2. The third kappa shape index (κ3) is 5.51. The first-order valence-electron chi connectivity index (χ1n) is 7.85. The Balaban J connectivity index is 1.82. The predicted molar refractivity (Wildman–Crippen MR) is 94.9 cm³/mol. The number of benzene rings is 1. The molecule has 0 atom stereocenters. The first-order chi connectivity index (χ1) is 11.9. The second-order valence-electron chi connectivity index (χ2n) is 5.42. The van der Waals surface area contributed by atoms with Crippen molar-refractivity contribution in [1.29, 1.82) is 0 Å². The third-order valence-electron chi connectivity index (χ3n) is 3.68. The summed E-state index contributed by atoms with van der Waals surface area (Å²) in [6, 6.07) is 4.68. The molecule has 1 heterocycles. The van der Waals surface area contributed by atoms with Crippen LogP contribution in [0.2, 0.25) is 10.0 Å². The maximum Gasteiger partial charge on any atom is 0.409 e. The maximum absolute atomic E-state index is 12.2. The number of nitrogens with one attached hydrogen (secondary N) is 1. The van der Waals surface area contributed by atoms with Gasteiger partial charge in [0.15, 0.2) is 0 Å². The van der Waals surface area contributed by atoms with E-state index in [0.717, 1.165) is 0 Å². The van der Waals surface area contributed by atoms with E-state index < -0.39 is 5.91 Å². The molecule has 1 aliphatic rings. The largest absolute Gasteiger partial charge is 0.450 e. The summed E-state index contributed by atoms with van der Waals surface area (Å²) in [6.45, 7) is 3.55. The second-order valence-corrected chi connectivity index (χ2v) is 6.26. The van der Waals surface area contributed by atoms with Gasteiger partial charge >= 0.3 is 6.09 Å². The number of rotatable bonds is 4. The zero-order valence-electron chi connectivity index (χ0n) is 13.8. The molecule has 0 radical (unpaired) electrons. The average Bonchev–Trinajstić information content (AvgIpc) is 2.57. The first kappa shape index (κ1) is 19.3. The Kier molecular flexibility index (Phi) is 6.90. The van der Waals surface area contributed by atoms with Crippen LogP contribution in [0.25, 0.3) is 0 Å². The van der Waals surface area contributed by atoms with Gasteiger partial charge in [0.05, 0.1) is 17.3 Å². The van der Waals surface area contributed by atoms with Gasteiger partial charge in [-0.05, 0) is 25.1 Å². The average molecular weight is 388 g/mol. The van der Waals surface area contributed by atoms with Crippen molar-refractivity contribution >= 4 is 46.8 Å². The van der Waals surface area contributed by atoms with Gasteiger partial charge in [0, 0.05) is 31.2 Å². The molecule has 0 saturated carbocycles. The molecule has 1 saturated heterocycles. The predicted octanol–water partition coefficient (Wildman–Crippen LogP) is 2.62. The molecule has 1 aliphatic heterocycles. The molecule has 1 N–H and O–H groups in total. The van der Waals surface area contributed by atoms with Gasteiger partial charge in [0.25, 0.3) is 0 Å². The lowest BCUT2D eigenvalue weighted by Crippen LogP contribution is -2.51. The van der Waals surface area contributed by atoms with Crippen LogP contribution in [0.4, 0.5) is 10.5 Å². The zero-order valence-corrected chi connectivity index (χ0v) is 15.3. The Labute approximate surface area is 155 Å². The highest BCUT2D eigenvalue weighted by molar-refractivity contribution is 6.36. The number of carbonyl (C=O) groups excluding carboxylic acids is 3. The van der Waals surface area contributed by atoms with Crippen LogP contribution in [-0.2, 0) is 14.3 Å². The SMILES string of the molecule is CCOC(=O)N1CCN(C(=O)CC(=O)Nc2ccc(Cl)cc2Cl)CC1. The van der Waals surface area contributed by atoms with E-state index >= 15 is 0 Å². The molecule has 3 amide bonds. The van der Waals surface area contributed by atoms with Crippen molar-refractivity contribution < 1.29 is 19.1 Å². The monoisotopic (exact) mass is 387 g/mol. The summed E-state index contributed by atoms with van der Waals surface area (Å²) in [5.74, 6) is -0.756. The number of nitrogens with zero attached hydrogens (tertiary/aromatic N) is 2. The molecule has 25 heavy (non-hydrogen) atoms. The molecule has 1 aromatic carbocycles. The fourth-order valence-electron chi connectivity index (χ4n) is 2.39. The lowest BCUT2D eigenvalue weighted by molar-refractivity contribution is -0.135. The lowest BCUT2D eigenvalue weighted by Gasteiger charge is -2.34. The van der Waals surface area contributed by atoms with Crippen molar-refractivity contribution in [3.05, 3.63) is 28.2 Å². The van der Waals surface area contributed by atoms with Crippen LogP contribution in [0.15, 0.2) is 18.2 Å². The Morgan fingerprint density at radius 2 is 1.76 bits per heavy atom. The van der Waals surface area contributed by atoms with Crippen molar-refractivity contribution in [2.45, 2.75) is 13.3 Å². The summed E-state index contributed by atoms with van der Waals surface area (Å²) in [7, 11) is 0. The molecule has 0 aliphatic carbocycles. The number of ether oxygens (including phenoxy) is 1. The van der Waals surface area contributed by atoms with Crippen molar-refractivity contribution in [1.82, 2.24) is 9.80 Å². The summed E-state index contributed by atoms with van der Waals surface area (Å²) >= 11 is 11.8. The van der Waals surface area contributed by atoms with E-state index in [1.165, 1.54) is 6.07 Å². The van der Waals surface area contributed by atoms with E-state index in [0.29, 0.717) is 48.5 Å². The van der Waals surface area contributed by atoms with E-state index in [1.54, 1.807) is 28.9 Å². The van der Waals surface area contributed by atoms with E-state index in [2.05, 4.69) is 5.32 Å². The van der Waals surface area contributed by atoms with Crippen LogP contribution < -0.4 is 5.32 Å². The quantitative estimate of drug-likeness (QED) is 0.805. The third-order valence-corrected chi connectivity index (χ3v) is 4.22. The minimum Gasteiger partial charge on any atom is -0.450 e.